The molecule has 0 radical (unpaired) electrons. The van der Waals surface area contributed by atoms with Gasteiger partial charge in [-0.15, -0.1) is 0 Å². The fraction of sp³-hybridized carbons (Fsp3) is 0.263. The number of benzene rings is 2. The summed E-state index contributed by atoms with van der Waals surface area (Å²) in [6.07, 6.45) is 0. The van der Waals surface area contributed by atoms with E-state index in [0.29, 0.717) is 18.7 Å². The van der Waals surface area contributed by atoms with Crippen molar-refractivity contribution in [1.29, 1.82) is 0 Å². The van der Waals surface area contributed by atoms with Gasteiger partial charge in [0, 0.05) is 26.1 Å². The first-order valence-electron chi connectivity index (χ1n) is 8.47. The Morgan fingerprint density at radius 3 is 2.44 bits per heavy atom. The van der Waals surface area contributed by atoms with Crippen LogP contribution in [0.15, 0.2) is 48.5 Å². The summed E-state index contributed by atoms with van der Waals surface area (Å²) in [7, 11) is 0. The smallest absolute Gasteiger partial charge is 0.293 e. The van der Waals surface area contributed by atoms with Crippen LogP contribution in [0.1, 0.15) is 24.1 Å². The van der Waals surface area contributed by atoms with Crippen molar-refractivity contribution in [2.75, 3.05) is 18.4 Å². The second-order valence-corrected chi connectivity index (χ2v) is 6.05. The number of amides is 2. The highest BCUT2D eigenvalue weighted by atomic mass is 16.6. The molecule has 2 rings (SSSR count). The average molecular weight is 370 g/mol. The summed E-state index contributed by atoms with van der Waals surface area (Å²) in [6, 6.07) is 12.9. The van der Waals surface area contributed by atoms with Gasteiger partial charge in [-0.1, -0.05) is 36.4 Å². The van der Waals surface area contributed by atoms with Gasteiger partial charge in [0.05, 0.1) is 4.92 Å². The number of aryl methyl sites for hydroxylation is 1. The van der Waals surface area contributed by atoms with Gasteiger partial charge in [0.1, 0.15) is 11.7 Å². The summed E-state index contributed by atoms with van der Waals surface area (Å²) in [5.41, 5.74) is 1.42. The molecule has 0 saturated carbocycles. The van der Waals surface area contributed by atoms with Crippen molar-refractivity contribution in [1.82, 2.24) is 10.6 Å². The van der Waals surface area contributed by atoms with Crippen molar-refractivity contribution in [3.8, 4) is 0 Å². The minimum Gasteiger partial charge on any atom is -0.355 e. The van der Waals surface area contributed by atoms with E-state index in [1.54, 1.807) is 37.3 Å². The van der Waals surface area contributed by atoms with E-state index in [4.69, 9.17) is 0 Å². The van der Waals surface area contributed by atoms with Gasteiger partial charge in [-0.25, -0.2) is 0 Å². The average Bonchev–Trinajstić information content (AvgIpc) is 2.63. The summed E-state index contributed by atoms with van der Waals surface area (Å²) >= 11 is 0. The monoisotopic (exact) mass is 370 g/mol. The maximum atomic E-state index is 12.8. The van der Waals surface area contributed by atoms with Gasteiger partial charge in [-0.2, -0.15) is 0 Å². The highest BCUT2D eigenvalue weighted by Crippen LogP contribution is 2.26. The topological polar surface area (TPSA) is 113 Å². The number of carbonyl (C=O) groups is 2. The highest BCUT2D eigenvalue weighted by Gasteiger charge is 2.23. The maximum Gasteiger partial charge on any atom is 0.293 e. The Hall–Kier alpha value is -3.26. The van der Waals surface area contributed by atoms with Gasteiger partial charge in [-0.3, -0.25) is 19.7 Å². The van der Waals surface area contributed by atoms with Gasteiger partial charge >= 0.3 is 0 Å². The molecule has 0 unspecified atom stereocenters. The van der Waals surface area contributed by atoms with E-state index in [9.17, 15) is 19.7 Å². The van der Waals surface area contributed by atoms with Crippen molar-refractivity contribution in [3.63, 3.8) is 0 Å². The minimum absolute atomic E-state index is 0.139. The molecule has 27 heavy (non-hydrogen) atoms. The van der Waals surface area contributed by atoms with Crippen LogP contribution in [0.5, 0.6) is 0 Å². The van der Waals surface area contributed by atoms with Gasteiger partial charge < -0.3 is 16.0 Å². The third-order valence-electron chi connectivity index (χ3n) is 3.85. The minimum atomic E-state index is -0.721. The summed E-state index contributed by atoms with van der Waals surface area (Å²) in [6.45, 7) is 3.88. The van der Waals surface area contributed by atoms with Crippen LogP contribution in [0.3, 0.4) is 0 Å². The third kappa shape index (κ3) is 5.89. The Kier molecular flexibility index (Phi) is 7.01. The van der Waals surface area contributed by atoms with Crippen LogP contribution < -0.4 is 16.0 Å². The molecule has 8 heteroatoms. The highest BCUT2D eigenvalue weighted by molar-refractivity contribution is 5.97. The fourth-order valence-corrected chi connectivity index (χ4v) is 2.57. The molecule has 0 saturated heterocycles. The summed E-state index contributed by atoms with van der Waals surface area (Å²) in [5.74, 6) is -0.580. The van der Waals surface area contributed by atoms with Gasteiger partial charge in [0.15, 0.2) is 0 Å². The Morgan fingerprint density at radius 2 is 1.81 bits per heavy atom. The molecule has 0 bridgehead atoms. The Bertz CT molecular complexity index is 824. The Morgan fingerprint density at radius 1 is 1.11 bits per heavy atom. The van der Waals surface area contributed by atoms with Crippen LogP contribution in [-0.4, -0.2) is 29.8 Å². The zero-order valence-corrected chi connectivity index (χ0v) is 15.2. The van der Waals surface area contributed by atoms with E-state index in [1.807, 2.05) is 6.07 Å². The number of nitrogens with one attached hydrogen (secondary N) is 3. The third-order valence-corrected chi connectivity index (χ3v) is 3.85. The molecule has 0 heterocycles. The van der Waals surface area contributed by atoms with Crippen molar-refractivity contribution in [2.45, 2.75) is 19.9 Å². The second kappa shape index (κ2) is 9.44. The number of nitrogens with zero attached hydrogens (tertiary/aromatic N) is 1. The first-order chi connectivity index (χ1) is 12.9. The summed E-state index contributed by atoms with van der Waals surface area (Å²) in [4.78, 5) is 34.5. The van der Waals surface area contributed by atoms with E-state index < -0.39 is 16.9 Å². The zero-order chi connectivity index (χ0) is 19.8. The predicted molar refractivity (Wildman–Crippen MR) is 102 cm³/mol. The lowest BCUT2D eigenvalue weighted by atomic mass is 10.1. The van der Waals surface area contributed by atoms with E-state index in [0.717, 1.165) is 5.56 Å². The van der Waals surface area contributed by atoms with Crippen LogP contribution >= 0.6 is 0 Å². The summed E-state index contributed by atoms with van der Waals surface area (Å²) in [5, 5.41) is 19.6. The lowest BCUT2D eigenvalue weighted by Gasteiger charge is -2.19. The normalized spacial score (nSPS) is 11.5. The molecule has 0 aliphatic rings. The zero-order valence-electron chi connectivity index (χ0n) is 15.2. The summed E-state index contributed by atoms with van der Waals surface area (Å²) < 4.78 is 0. The van der Waals surface area contributed by atoms with Crippen LogP contribution in [0, 0.1) is 17.0 Å². The molecule has 2 aromatic rings. The van der Waals surface area contributed by atoms with E-state index in [-0.39, 0.29) is 17.3 Å². The second-order valence-electron chi connectivity index (χ2n) is 6.05. The molecule has 3 N–H and O–H groups in total. The molecule has 2 aromatic carbocycles. The van der Waals surface area contributed by atoms with Crippen LogP contribution in [-0.2, 0) is 9.59 Å². The number of hydrogen-bond donors (Lipinski definition) is 3. The van der Waals surface area contributed by atoms with Crippen molar-refractivity contribution in [3.05, 3.63) is 69.8 Å². The van der Waals surface area contributed by atoms with Crippen LogP contribution in [0.2, 0.25) is 0 Å². The SMILES string of the molecule is CC(=O)NCCN[C@H](C(=O)Nc1ccc(C)cc1[N+](=O)[O-])c1ccccc1. The lowest BCUT2D eigenvalue weighted by molar-refractivity contribution is -0.384. The predicted octanol–water partition coefficient (Wildman–Crippen LogP) is 2.31. The number of hydrogen-bond acceptors (Lipinski definition) is 5. The molecule has 0 aromatic heterocycles. The van der Waals surface area contributed by atoms with Crippen molar-refractivity contribution in [2.24, 2.45) is 0 Å². The van der Waals surface area contributed by atoms with Crippen LogP contribution in [0.4, 0.5) is 11.4 Å². The fourth-order valence-electron chi connectivity index (χ4n) is 2.57. The molecule has 2 amide bonds. The quantitative estimate of drug-likeness (QED) is 0.375. The van der Waals surface area contributed by atoms with E-state index in [2.05, 4.69) is 16.0 Å². The van der Waals surface area contributed by atoms with Crippen LogP contribution in [0.25, 0.3) is 0 Å². The molecule has 0 fully saturated rings. The van der Waals surface area contributed by atoms with Gasteiger partial charge in [-0.05, 0) is 24.1 Å². The molecule has 8 nitrogen and oxygen atoms in total. The standard InChI is InChI=1S/C19H22N4O4/c1-13-8-9-16(17(12-13)23(26)27)22-19(25)18(15-6-4-3-5-7-15)21-11-10-20-14(2)24/h3-9,12,18,21H,10-11H2,1-2H3,(H,20,24)(H,22,25)/t18-/m0/s1. The molecule has 0 spiro atoms. The largest absolute Gasteiger partial charge is 0.355 e. The number of nitro benzene ring substituents is 1. The Labute approximate surface area is 157 Å². The van der Waals surface area contributed by atoms with Crippen molar-refractivity contribution >= 4 is 23.2 Å². The molecular weight excluding hydrogens is 348 g/mol. The van der Waals surface area contributed by atoms with E-state index in [1.165, 1.54) is 19.1 Å². The molecule has 142 valence electrons. The van der Waals surface area contributed by atoms with E-state index >= 15 is 0 Å². The first-order valence-corrected chi connectivity index (χ1v) is 8.47. The number of nitro groups is 1. The van der Waals surface area contributed by atoms with Gasteiger partial charge in [0.25, 0.3) is 5.69 Å². The molecular formula is C19H22N4O4. The molecule has 0 aliphatic heterocycles. The van der Waals surface area contributed by atoms with Crippen molar-refractivity contribution < 1.29 is 14.5 Å². The maximum absolute atomic E-state index is 12.8. The molecule has 0 aliphatic carbocycles. The first kappa shape index (κ1) is 20.1. The number of anilines is 1. The lowest BCUT2D eigenvalue weighted by Crippen LogP contribution is -2.38. The Balaban J connectivity index is 2.19. The number of carbonyl (C=O) groups excluding carboxylic acids is 2. The number of rotatable bonds is 8. The molecule has 1 atom stereocenters. The van der Waals surface area contributed by atoms with Gasteiger partial charge in [0.2, 0.25) is 11.8 Å².